The van der Waals surface area contributed by atoms with Gasteiger partial charge >= 0.3 is 23.9 Å². The molecule has 0 amide bonds. The maximum absolute atomic E-state index is 12.2. The Morgan fingerprint density at radius 2 is 1.50 bits per heavy atom. The number of carboxylic acids is 4. The van der Waals surface area contributed by atoms with Crippen LogP contribution in [-0.4, -0.2) is 44.3 Å². The predicted molar refractivity (Wildman–Crippen MR) is 92.8 cm³/mol. The summed E-state index contributed by atoms with van der Waals surface area (Å²) < 4.78 is 0. The van der Waals surface area contributed by atoms with Gasteiger partial charge in [-0.1, -0.05) is 46.5 Å². The monoisotopic (exact) mass is 374 g/mol. The van der Waals surface area contributed by atoms with Crippen LogP contribution in [0.5, 0.6) is 0 Å². The molecule has 0 aromatic carbocycles. The third-order valence-corrected chi connectivity index (χ3v) is 5.04. The number of unbranched alkanes of at least 4 members (excludes halogenated alkanes) is 2. The molecule has 0 aliphatic rings. The highest BCUT2D eigenvalue weighted by molar-refractivity contribution is 5.89. The summed E-state index contributed by atoms with van der Waals surface area (Å²) in [5.74, 6) is -9.82. The van der Waals surface area contributed by atoms with E-state index in [0.717, 1.165) is 6.42 Å². The first-order valence-corrected chi connectivity index (χ1v) is 8.94. The van der Waals surface area contributed by atoms with Crippen molar-refractivity contribution in [1.82, 2.24) is 0 Å². The largest absolute Gasteiger partial charge is 0.481 e. The molecule has 8 nitrogen and oxygen atoms in total. The average molecular weight is 374 g/mol. The van der Waals surface area contributed by atoms with Gasteiger partial charge in [-0.3, -0.25) is 19.2 Å². The topological polar surface area (TPSA) is 149 Å². The predicted octanol–water partition coefficient (Wildman–Crippen LogP) is 2.95. The summed E-state index contributed by atoms with van der Waals surface area (Å²) in [7, 11) is 0. The van der Waals surface area contributed by atoms with E-state index >= 15 is 0 Å². The summed E-state index contributed by atoms with van der Waals surface area (Å²) in [6, 6.07) is 0. The second-order valence-electron chi connectivity index (χ2n) is 6.99. The molecule has 0 aliphatic carbocycles. The zero-order valence-corrected chi connectivity index (χ0v) is 15.6. The Kier molecular flexibility index (Phi) is 9.90. The van der Waals surface area contributed by atoms with Crippen LogP contribution in [0, 0.1) is 23.2 Å². The summed E-state index contributed by atoms with van der Waals surface area (Å²) in [5.41, 5.74) is -1.82. The molecule has 0 radical (unpaired) electrons. The third-order valence-electron chi connectivity index (χ3n) is 5.04. The highest BCUT2D eigenvalue weighted by atomic mass is 16.4. The van der Waals surface area contributed by atoms with Crippen LogP contribution in [0.4, 0.5) is 0 Å². The fourth-order valence-corrected chi connectivity index (χ4v) is 3.50. The van der Waals surface area contributed by atoms with Crippen molar-refractivity contribution in [3.8, 4) is 0 Å². The molecule has 0 spiro atoms. The Morgan fingerprint density at radius 3 is 1.85 bits per heavy atom. The van der Waals surface area contributed by atoms with Gasteiger partial charge in [-0.15, -0.1) is 0 Å². The molecule has 4 unspecified atom stereocenters. The number of carbonyl (C=O) groups is 4. The Hall–Kier alpha value is -2.12. The fourth-order valence-electron chi connectivity index (χ4n) is 3.50. The van der Waals surface area contributed by atoms with Crippen LogP contribution in [0.2, 0.25) is 0 Å². The van der Waals surface area contributed by atoms with E-state index in [9.17, 15) is 34.5 Å². The van der Waals surface area contributed by atoms with Gasteiger partial charge in [0.15, 0.2) is 0 Å². The van der Waals surface area contributed by atoms with Crippen molar-refractivity contribution in [1.29, 1.82) is 0 Å². The lowest BCUT2D eigenvalue weighted by molar-refractivity contribution is -0.174. The van der Waals surface area contributed by atoms with Crippen molar-refractivity contribution in [3.63, 3.8) is 0 Å². The second-order valence-corrected chi connectivity index (χ2v) is 6.99. The molecule has 0 saturated heterocycles. The number of hydrogen-bond acceptors (Lipinski definition) is 4. The van der Waals surface area contributed by atoms with Gasteiger partial charge < -0.3 is 20.4 Å². The van der Waals surface area contributed by atoms with Crippen molar-refractivity contribution >= 4 is 23.9 Å². The Labute approximate surface area is 153 Å². The van der Waals surface area contributed by atoms with E-state index in [-0.39, 0.29) is 18.8 Å². The number of hydrogen-bond donors (Lipinski definition) is 4. The lowest BCUT2D eigenvalue weighted by atomic mass is 9.62. The van der Waals surface area contributed by atoms with E-state index in [1.54, 1.807) is 6.92 Å². The molecule has 4 atom stereocenters. The highest BCUT2D eigenvalue weighted by Gasteiger charge is 2.55. The maximum Gasteiger partial charge on any atom is 0.310 e. The molecule has 0 saturated carbocycles. The first kappa shape index (κ1) is 23.9. The first-order chi connectivity index (χ1) is 12.0. The lowest BCUT2D eigenvalue weighted by Gasteiger charge is -2.39. The van der Waals surface area contributed by atoms with E-state index in [0.29, 0.717) is 19.3 Å². The van der Waals surface area contributed by atoms with Gasteiger partial charge in [-0.05, 0) is 18.8 Å². The maximum atomic E-state index is 12.2. The molecule has 0 aliphatic heterocycles. The minimum atomic E-state index is -1.82. The Balaban J connectivity index is 6.28. The number of aliphatic carboxylic acids is 4. The molecule has 0 aromatic heterocycles. The van der Waals surface area contributed by atoms with E-state index < -0.39 is 47.5 Å². The molecular weight excluding hydrogens is 344 g/mol. The molecule has 0 fully saturated rings. The summed E-state index contributed by atoms with van der Waals surface area (Å²) in [6.07, 6.45) is 1.56. The van der Waals surface area contributed by atoms with E-state index in [1.807, 2.05) is 13.8 Å². The van der Waals surface area contributed by atoms with Gasteiger partial charge in [0, 0.05) is 0 Å². The molecular formula is C18H30O8. The summed E-state index contributed by atoms with van der Waals surface area (Å²) in [6.45, 7) is 5.53. The Morgan fingerprint density at radius 1 is 0.923 bits per heavy atom. The van der Waals surface area contributed by atoms with Crippen molar-refractivity contribution in [3.05, 3.63) is 0 Å². The van der Waals surface area contributed by atoms with Gasteiger partial charge in [-0.2, -0.15) is 0 Å². The molecule has 4 N–H and O–H groups in total. The number of rotatable bonds is 14. The molecule has 0 rings (SSSR count). The van der Waals surface area contributed by atoms with Gasteiger partial charge in [0.05, 0.1) is 23.7 Å². The zero-order valence-electron chi connectivity index (χ0n) is 15.6. The van der Waals surface area contributed by atoms with Crippen LogP contribution in [-0.2, 0) is 19.2 Å². The van der Waals surface area contributed by atoms with Crippen LogP contribution >= 0.6 is 0 Å². The fraction of sp³-hybridized carbons (Fsp3) is 0.778. The second kappa shape index (κ2) is 10.8. The quantitative estimate of drug-likeness (QED) is 0.339. The summed E-state index contributed by atoms with van der Waals surface area (Å²) >= 11 is 0. The zero-order chi connectivity index (χ0) is 20.5. The van der Waals surface area contributed by atoms with Crippen LogP contribution in [0.1, 0.15) is 65.7 Å². The molecule has 26 heavy (non-hydrogen) atoms. The van der Waals surface area contributed by atoms with Gasteiger partial charge in [0.1, 0.15) is 0 Å². The van der Waals surface area contributed by atoms with Crippen LogP contribution in [0.25, 0.3) is 0 Å². The molecule has 150 valence electrons. The highest BCUT2D eigenvalue weighted by Crippen LogP contribution is 2.45. The van der Waals surface area contributed by atoms with Gasteiger partial charge in [0.2, 0.25) is 0 Å². The van der Waals surface area contributed by atoms with Crippen molar-refractivity contribution in [2.24, 2.45) is 23.2 Å². The first-order valence-electron chi connectivity index (χ1n) is 8.94. The molecule has 8 heteroatoms. The number of carboxylic acid groups (broad SMARTS) is 4. The van der Waals surface area contributed by atoms with Crippen molar-refractivity contribution in [2.75, 3.05) is 0 Å². The van der Waals surface area contributed by atoms with Gasteiger partial charge in [-0.25, -0.2) is 0 Å². The van der Waals surface area contributed by atoms with Crippen LogP contribution in [0.15, 0.2) is 0 Å². The van der Waals surface area contributed by atoms with E-state index in [1.165, 1.54) is 0 Å². The van der Waals surface area contributed by atoms with Crippen LogP contribution in [0.3, 0.4) is 0 Å². The minimum absolute atomic E-state index is 0.000872. The molecule has 0 aromatic rings. The smallest absolute Gasteiger partial charge is 0.310 e. The minimum Gasteiger partial charge on any atom is -0.481 e. The third kappa shape index (κ3) is 6.31. The summed E-state index contributed by atoms with van der Waals surface area (Å²) in [5, 5.41) is 38.1. The molecule has 0 bridgehead atoms. The van der Waals surface area contributed by atoms with Gasteiger partial charge in [0.25, 0.3) is 0 Å². The standard InChI is InChI=1S/C18H30O8/c1-4-6-7-8-18(17(25)26,10-11(3)5-2)14(16(23)24)12(15(21)22)9-13(19)20/h11-12,14H,4-10H2,1-3H3,(H,19,20)(H,21,22)(H,23,24)(H,25,26). The lowest BCUT2D eigenvalue weighted by Crippen LogP contribution is -2.49. The van der Waals surface area contributed by atoms with Crippen molar-refractivity contribution in [2.45, 2.75) is 65.7 Å². The normalized spacial score (nSPS) is 16.9. The van der Waals surface area contributed by atoms with Crippen LogP contribution < -0.4 is 0 Å². The SMILES string of the molecule is CCCCCC(CC(C)CC)(C(=O)O)C(C(=O)O)C(CC(=O)O)C(=O)O. The Bertz CT molecular complexity index is 515. The van der Waals surface area contributed by atoms with E-state index in [4.69, 9.17) is 5.11 Å². The van der Waals surface area contributed by atoms with Crippen molar-refractivity contribution < 1.29 is 39.6 Å². The average Bonchev–Trinajstić information content (AvgIpc) is 2.52. The molecule has 0 heterocycles. The summed E-state index contributed by atoms with van der Waals surface area (Å²) in [4.78, 5) is 46.9. The van der Waals surface area contributed by atoms with E-state index in [2.05, 4.69) is 0 Å².